The van der Waals surface area contributed by atoms with Crippen molar-refractivity contribution in [2.24, 2.45) is 5.92 Å². The molecule has 2 N–H and O–H groups in total. The number of halogens is 1. The molecule has 0 heterocycles. The van der Waals surface area contributed by atoms with Crippen LogP contribution in [0.15, 0.2) is 18.2 Å². The molecule has 0 spiro atoms. The van der Waals surface area contributed by atoms with E-state index in [9.17, 15) is 13.2 Å². The van der Waals surface area contributed by atoms with Gasteiger partial charge < -0.3 is 5.32 Å². The minimum absolute atomic E-state index is 0.0846. The lowest BCUT2D eigenvalue weighted by atomic mass is 10.1. The fraction of sp³-hybridized carbons (Fsp3) is 0.462. The molecule has 1 rings (SSSR count). The van der Waals surface area contributed by atoms with Crippen LogP contribution in [0.3, 0.4) is 0 Å². The Kier molecular flexibility index (Phi) is 5.83. The van der Waals surface area contributed by atoms with Crippen molar-refractivity contribution in [1.29, 1.82) is 0 Å². The van der Waals surface area contributed by atoms with Gasteiger partial charge in [0, 0.05) is 12.1 Å². The van der Waals surface area contributed by atoms with Crippen molar-refractivity contribution >= 4 is 38.9 Å². The van der Waals surface area contributed by atoms with E-state index in [4.69, 9.17) is 11.6 Å². The number of benzene rings is 1. The normalized spacial score (nSPS) is 11.4. The number of hydrogen-bond donors (Lipinski definition) is 2. The number of nitrogens with one attached hydrogen (secondary N) is 2. The number of sulfonamides is 1. The number of carbonyl (C=O) groups excluding carboxylic acids is 1. The summed E-state index contributed by atoms with van der Waals surface area (Å²) < 4.78 is 24.5. The van der Waals surface area contributed by atoms with Crippen molar-refractivity contribution in [3.05, 3.63) is 23.2 Å². The highest BCUT2D eigenvalue weighted by molar-refractivity contribution is 7.92. The Hall–Kier alpha value is -1.27. The molecule has 1 aromatic rings. The van der Waals surface area contributed by atoms with Gasteiger partial charge in [0.05, 0.1) is 17.0 Å². The van der Waals surface area contributed by atoms with Gasteiger partial charge in [0.25, 0.3) is 0 Å². The molecule has 112 valence electrons. The molecule has 5 nitrogen and oxygen atoms in total. The molecule has 0 aliphatic heterocycles. The summed E-state index contributed by atoms with van der Waals surface area (Å²) >= 11 is 5.97. The molecule has 0 fully saturated rings. The quantitative estimate of drug-likeness (QED) is 0.846. The van der Waals surface area contributed by atoms with Crippen molar-refractivity contribution in [2.45, 2.75) is 26.7 Å². The van der Waals surface area contributed by atoms with E-state index in [0.29, 0.717) is 18.0 Å². The fourth-order valence-electron chi connectivity index (χ4n) is 1.52. The van der Waals surface area contributed by atoms with Crippen molar-refractivity contribution in [3.8, 4) is 0 Å². The second kappa shape index (κ2) is 6.95. The Bertz CT molecular complexity index is 585. The zero-order valence-electron chi connectivity index (χ0n) is 11.7. The minimum Gasteiger partial charge on any atom is -0.326 e. The Morgan fingerprint density at radius 1 is 1.35 bits per heavy atom. The van der Waals surface area contributed by atoms with Crippen molar-refractivity contribution in [1.82, 2.24) is 0 Å². The Morgan fingerprint density at radius 3 is 2.50 bits per heavy atom. The van der Waals surface area contributed by atoms with Crippen LogP contribution in [0.2, 0.25) is 5.02 Å². The molecule has 0 aromatic heterocycles. The number of rotatable bonds is 6. The molecule has 7 heteroatoms. The maximum atomic E-state index is 11.7. The summed E-state index contributed by atoms with van der Waals surface area (Å²) in [5.41, 5.74) is 0.831. The molecule has 1 aromatic carbocycles. The van der Waals surface area contributed by atoms with Crippen molar-refractivity contribution in [2.75, 3.05) is 16.3 Å². The van der Waals surface area contributed by atoms with Gasteiger partial charge in [-0.05, 0) is 30.5 Å². The highest BCUT2D eigenvalue weighted by Crippen LogP contribution is 2.26. The highest BCUT2D eigenvalue weighted by Gasteiger charge is 2.09. The molecule has 0 saturated heterocycles. The Balaban J connectivity index is 2.70. The topological polar surface area (TPSA) is 75.3 Å². The van der Waals surface area contributed by atoms with Gasteiger partial charge in [-0.2, -0.15) is 0 Å². The van der Waals surface area contributed by atoms with E-state index in [-0.39, 0.29) is 16.6 Å². The van der Waals surface area contributed by atoms with Crippen LogP contribution in [0.4, 0.5) is 11.4 Å². The Morgan fingerprint density at radius 2 is 2.00 bits per heavy atom. The average Bonchev–Trinajstić information content (AvgIpc) is 2.28. The van der Waals surface area contributed by atoms with Gasteiger partial charge in [-0.15, -0.1) is 0 Å². The lowest BCUT2D eigenvalue weighted by Gasteiger charge is -2.10. The van der Waals surface area contributed by atoms with E-state index in [1.807, 2.05) is 0 Å². The molecular weight excluding hydrogens is 300 g/mol. The second-order valence-corrected chi connectivity index (χ2v) is 7.21. The van der Waals surface area contributed by atoms with Crippen LogP contribution >= 0.6 is 11.6 Å². The van der Waals surface area contributed by atoms with E-state index in [0.717, 1.165) is 12.7 Å². The summed E-state index contributed by atoms with van der Waals surface area (Å²) in [4.78, 5) is 11.7. The molecule has 0 radical (unpaired) electrons. The molecule has 0 aliphatic rings. The van der Waals surface area contributed by atoms with Gasteiger partial charge in [0.15, 0.2) is 0 Å². The first-order valence-corrected chi connectivity index (χ1v) is 8.51. The summed E-state index contributed by atoms with van der Waals surface area (Å²) in [6, 6.07) is 4.64. The smallest absolute Gasteiger partial charge is 0.229 e. The van der Waals surface area contributed by atoms with Gasteiger partial charge in [0.2, 0.25) is 15.9 Å². The maximum absolute atomic E-state index is 11.7. The summed E-state index contributed by atoms with van der Waals surface area (Å²) in [6.07, 6.45) is 2.30. The zero-order chi connectivity index (χ0) is 15.3. The van der Waals surface area contributed by atoms with Crippen LogP contribution in [-0.4, -0.2) is 20.6 Å². The van der Waals surface area contributed by atoms with E-state index in [1.165, 1.54) is 12.1 Å². The first-order valence-electron chi connectivity index (χ1n) is 6.24. The third kappa shape index (κ3) is 6.25. The lowest BCUT2D eigenvalue weighted by Crippen LogP contribution is -2.13. The van der Waals surface area contributed by atoms with Crippen LogP contribution in [0.5, 0.6) is 0 Å². The molecule has 0 unspecified atom stereocenters. The molecule has 0 bridgehead atoms. The lowest BCUT2D eigenvalue weighted by molar-refractivity contribution is -0.116. The van der Waals surface area contributed by atoms with Gasteiger partial charge in [-0.3, -0.25) is 9.52 Å². The molecule has 20 heavy (non-hydrogen) atoms. The van der Waals surface area contributed by atoms with E-state index in [2.05, 4.69) is 23.9 Å². The molecule has 1 amide bonds. The number of carbonyl (C=O) groups is 1. The molecule has 0 atom stereocenters. The van der Waals surface area contributed by atoms with Gasteiger partial charge in [0.1, 0.15) is 0 Å². The van der Waals surface area contributed by atoms with Crippen LogP contribution in [0.25, 0.3) is 0 Å². The van der Waals surface area contributed by atoms with E-state index < -0.39 is 10.0 Å². The second-order valence-electron chi connectivity index (χ2n) is 5.05. The highest BCUT2D eigenvalue weighted by atomic mass is 35.5. The fourth-order valence-corrected chi connectivity index (χ4v) is 2.38. The van der Waals surface area contributed by atoms with Gasteiger partial charge in [-0.25, -0.2) is 8.42 Å². The monoisotopic (exact) mass is 318 g/mol. The predicted molar refractivity (Wildman–Crippen MR) is 82.6 cm³/mol. The standard InChI is InChI=1S/C13H19ClN2O3S/c1-9(2)4-7-13(17)15-10-5-6-12(11(14)8-10)16-20(3,18)19/h5-6,8-9,16H,4,7H2,1-3H3,(H,15,17). The van der Waals surface area contributed by atoms with Crippen LogP contribution < -0.4 is 10.0 Å². The summed E-state index contributed by atoms with van der Waals surface area (Å²) in [5.74, 6) is 0.379. The zero-order valence-corrected chi connectivity index (χ0v) is 13.3. The maximum Gasteiger partial charge on any atom is 0.229 e. The van der Waals surface area contributed by atoms with E-state index in [1.54, 1.807) is 6.07 Å². The Labute approximate surface area is 124 Å². The van der Waals surface area contributed by atoms with Gasteiger partial charge >= 0.3 is 0 Å². The third-order valence-electron chi connectivity index (χ3n) is 2.50. The molecule has 0 aliphatic carbocycles. The summed E-state index contributed by atoms with van der Waals surface area (Å²) in [5, 5.41) is 2.96. The number of hydrogen-bond acceptors (Lipinski definition) is 3. The number of anilines is 2. The van der Waals surface area contributed by atoms with Crippen LogP contribution in [0.1, 0.15) is 26.7 Å². The van der Waals surface area contributed by atoms with Crippen molar-refractivity contribution < 1.29 is 13.2 Å². The van der Waals surface area contributed by atoms with Crippen LogP contribution in [0, 0.1) is 5.92 Å². The predicted octanol–water partition coefficient (Wildman–Crippen LogP) is 3.09. The van der Waals surface area contributed by atoms with Crippen LogP contribution in [-0.2, 0) is 14.8 Å². The molecular formula is C13H19ClN2O3S. The van der Waals surface area contributed by atoms with Gasteiger partial charge in [-0.1, -0.05) is 25.4 Å². The average molecular weight is 319 g/mol. The first kappa shape index (κ1) is 16.8. The summed E-state index contributed by atoms with van der Waals surface area (Å²) in [6.45, 7) is 4.10. The third-order valence-corrected chi connectivity index (χ3v) is 3.40. The SMILES string of the molecule is CC(C)CCC(=O)Nc1ccc(NS(C)(=O)=O)c(Cl)c1. The summed E-state index contributed by atoms with van der Waals surface area (Å²) in [7, 11) is -3.38. The van der Waals surface area contributed by atoms with Crippen molar-refractivity contribution in [3.63, 3.8) is 0 Å². The van der Waals surface area contributed by atoms with E-state index >= 15 is 0 Å². The number of amides is 1. The molecule has 0 saturated carbocycles. The largest absolute Gasteiger partial charge is 0.326 e. The minimum atomic E-state index is -3.38. The first-order chi connectivity index (χ1) is 9.17.